The van der Waals surface area contributed by atoms with Crippen LogP contribution in [0.1, 0.15) is 15.2 Å². The predicted octanol–water partition coefficient (Wildman–Crippen LogP) is 4.75. The molecule has 0 saturated carbocycles. The Bertz CT molecular complexity index is 1150. The topological polar surface area (TPSA) is 63.2 Å². The summed E-state index contributed by atoms with van der Waals surface area (Å²) in [7, 11) is -3.43. The number of amides is 1. The summed E-state index contributed by atoms with van der Waals surface area (Å²) in [5.41, 5.74) is 1.50. The number of halogens is 2. The first-order valence-corrected chi connectivity index (χ1v) is 10.4. The second-order valence-electron chi connectivity index (χ2n) is 5.80. The molecule has 3 aromatic rings. The van der Waals surface area contributed by atoms with E-state index in [9.17, 15) is 17.6 Å². The molecule has 0 bridgehead atoms. The average Bonchev–Trinajstić information content (AvgIpc) is 3.01. The van der Waals surface area contributed by atoms with Crippen molar-refractivity contribution in [3.05, 3.63) is 69.8 Å². The molecule has 8 heteroatoms. The van der Waals surface area contributed by atoms with Crippen LogP contribution in [0.4, 0.5) is 10.1 Å². The molecule has 132 valence electrons. The summed E-state index contributed by atoms with van der Waals surface area (Å²) in [6, 6.07) is 12.0. The highest BCUT2D eigenvalue weighted by Gasteiger charge is 2.30. The molecule has 1 amide bonds. The summed E-state index contributed by atoms with van der Waals surface area (Å²) in [5, 5.41) is 2.72. The molecular formula is C18H11ClFNO3S2. The number of thiophene rings is 1. The Kier molecular flexibility index (Phi) is 4.10. The first-order valence-electron chi connectivity index (χ1n) is 7.56. The third-order valence-corrected chi connectivity index (χ3v) is 7.26. The number of hydrogen-bond acceptors (Lipinski definition) is 4. The quantitative estimate of drug-likeness (QED) is 0.666. The summed E-state index contributed by atoms with van der Waals surface area (Å²) in [6.07, 6.45) is 0. The highest BCUT2D eigenvalue weighted by Crippen LogP contribution is 2.42. The second kappa shape index (κ2) is 6.19. The van der Waals surface area contributed by atoms with E-state index in [1.165, 1.54) is 23.5 Å². The number of carbonyl (C=O) groups is 1. The SMILES string of the molecule is O=C(Nc1ccc(F)cc1Cl)c1cc2c(s1)-c1ccccc1S(=O)(=O)C2. The highest BCUT2D eigenvalue weighted by molar-refractivity contribution is 7.91. The van der Waals surface area contributed by atoms with Gasteiger partial charge < -0.3 is 5.32 Å². The fourth-order valence-corrected chi connectivity index (χ4v) is 5.93. The molecule has 2 aromatic carbocycles. The Labute approximate surface area is 158 Å². The van der Waals surface area contributed by atoms with Gasteiger partial charge in [0, 0.05) is 10.4 Å². The highest BCUT2D eigenvalue weighted by atomic mass is 35.5. The van der Waals surface area contributed by atoms with E-state index in [1.54, 1.807) is 30.3 Å². The molecule has 26 heavy (non-hydrogen) atoms. The molecule has 0 saturated heterocycles. The number of fused-ring (bicyclic) bond motifs is 3. The minimum Gasteiger partial charge on any atom is -0.320 e. The lowest BCUT2D eigenvalue weighted by molar-refractivity contribution is 0.103. The zero-order chi connectivity index (χ0) is 18.5. The molecule has 2 heterocycles. The van der Waals surface area contributed by atoms with E-state index in [4.69, 9.17) is 11.6 Å². The van der Waals surface area contributed by atoms with Crippen LogP contribution in [0.25, 0.3) is 10.4 Å². The molecule has 0 aliphatic carbocycles. The largest absolute Gasteiger partial charge is 0.320 e. The van der Waals surface area contributed by atoms with Gasteiger partial charge in [-0.05, 0) is 35.9 Å². The number of anilines is 1. The van der Waals surface area contributed by atoms with E-state index in [0.29, 0.717) is 16.0 Å². The van der Waals surface area contributed by atoms with Crippen molar-refractivity contribution in [1.82, 2.24) is 0 Å². The van der Waals surface area contributed by atoms with Crippen LogP contribution in [-0.2, 0) is 15.6 Å². The molecule has 0 unspecified atom stereocenters. The summed E-state index contributed by atoms with van der Waals surface area (Å²) in [5.74, 6) is -1.06. The van der Waals surface area contributed by atoms with Crippen LogP contribution in [0.5, 0.6) is 0 Å². The van der Waals surface area contributed by atoms with Gasteiger partial charge in [-0.1, -0.05) is 29.8 Å². The minimum atomic E-state index is -3.43. The Morgan fingerprint density at radius 2 is 1.92 bits per heavy atom. The molecule has 0 spiro atoms. The second-order valence-corrected chi connectivity index (χ2v) is 9.22. The van der Waals surface area contributed by atoms with Crippen LogP contribution in [0.15, 0.2) is 53.4 Å². The molecule has 4 rings (SSSR count). The third-order valence-electron chi connectivity index (χ3n) is 4.02. The smallest absolute Gasteiger partial charge is 0.265 e. The van der Waals surface area contributed by atoms with Crippen molar-refractivity contribution in [2.24, 2.45) is 0 Å². The van der Waals surface area contributed by atoms with Gasteiger partial charge in [0.05, 0.1) is 26.2 Å². The number of benzene rings is 2. The standard InChI is InChI=1S/C18H11ClFNO3S2/c19-13-8-11(20)5-6-14(13)21-18(22)15-7-10-9-26(23,24)16-4-2-1-3-12(16)17(10)25-15/h1-8H,9H2,(H,21,22). The van der Waals surface area contributed by atoms with Gasteiger partial charge in [-0.3, -0.25) is 4.79 Å². The Morgan fingerprint density at radius 1 is 1.15 bits per heavy atom. The van der Waals surface area contributed by atoms with Crippen LogP contribution < -0.4 is 5.32 Å². The zero-order valence-electron chi connectivity index (χ0n) is 13.1. The van der Waals surface area contributed by atoms with Crippen molar-refractivity contribution in [3.8, 4) is 10.4 Å². The number of nitrogens with one attached hydrogen (secondary N) is 1. The Balaban J connectivity index is 1.71. The van der Waals surface area contributed by atoms with E-state index in [2.05, 4.69) is 5.32 Å². The van der Waals surface area contributed by atoms with E-state index < -0.39 is 21.6 Å². The van der Waals surface area contributed by atoms with Crippen LogP contribution in [0.3, 0.4) is 0 Å². The molecule has 0 radical (unpaired) electrons. The normalized spacial score (nSPS) is 14.4. The summed E-state index contributed by atoms with van der Waals surface area (Å²) >= 11 is 7.16. The average molecular weight is 408 g/mol. The summed E-state index contributed by atoms with van der Waals surface area (Å²) in [4.78, 5) is 14.0. The first-order chi connectivity index (χ1) is 12.3. The summed E-state index contributed by atoms with van der Waals surface area (Å²) < 4.78 is 38.0. The molecule has 0 atom stereocenters. The maximum absolute atomic E-state index is 13.1. The minimum absolute atomic E-state index is 0.0904. The fourth-order valence-electron chi connectivity index (χ4n) is 2.86. The van der Waals surface area contributed by atoms with E-state index in [0.717, 1.165) is 10.9 Å². The van der Waals surface area contributed by atoms with Gasteiger partial charge in [-0.25, -0.2) is 12.8 Å². The zero-order valence-corrected chi connectivity index (χ0v) is 15.5. The summed E-state index contributed by atoms with van der Waals surface area (Å²) in [6.45, 7) is 0. The van der Waals surface area contributed by atoms with Crippen molar-refractivity contribution in [2.75, 3.05) is 5.32 Å². The van der Waals surface area contributed by atoms with Crippen LogP contribution in [-0.4, -0.2) is 14.3 Å². The molecule has 0 fully saturated rings. The van der Waals surface area contributed by atoms with Gasteiger partial charge in [-0.2, -0.15) is 0 Å². The number of sulfone groups is 1. The van der Waals surface area contributed by atoms with Gasteiger partial charge in [0.2, 0.25) is 0 Å². The number of hydrogen-bond donors (Lipinski definition) is 1. The van der Waals surface area contributed by atoms with Crippen LogP contribution >= 0.6 is 22.9 Å². The van der Waals surface area contributed by atoms with Gasteiger partial charge in [-0.15, -0.1) is 11.3 Å². The molecule has 4 nitrogen and oxygen atoms in total. The number of rotatable bonds is 2. The van der Waals surface area contributed by atoms with E-state index in [1.807, 2.05) is 0 Å². The van der Waals surface area contributed by atoms with Crippen molar-refractivity contribution in [3.63, 3.8) is 0 Å². The van der Waals surface area contributed by atoms with Gasteiger partial charge >= 0.3 is 0 Å². The maximum Gasteiger partial charge on any atom is 0.265 e. The van der Waals surface area contributed by atoms with Crippen LogP contribution in [0.2, 0.25) is 5.02 Å². The molecule has 1 aliphatic rings. The molecule has 1 N–H and O–H groups in total. The van der Waals surface area contributed by atoms with Crippen molar-refractivity contribution in [1.29, 1.82) is 0 Å². The van der Waals surface area contributed by atoms with Gasteiger partial charge in [0.1, 0.15) is 5.82 Å². The van der Waals surface area contributed by atoms with E-state index in [-0.39, 0.29) is 21.4 Å². The van der Waals surface area contributed by atoms with Crippen LogP contribution in [0, 0.1) is 5.82 Å². The maximum atomic E-state index is 13.1. The number of carbonyl (C=O) groups excluding carboxylic acids is 1. The lowest BCUT2D eigenvalue weighted by Crippen LogP contribution is -2.11. The van der Waals surface area contributed by atoms with Crippen molar-refractivity contribution in [2.45, 2.75) is 10.6 Å². The molecular weight excluding hydrogens is 397 g/mol. The van der Waals surface area contributed by atoms with Crippen molar-refractivity contribution < 1.29 is 17.6 Å². The predicted molar refractivity (Wildman–Crippen MR) is 100 cm³/mol. The molecule has 1 aliphatic heterocycles. The monoisotopic (exact) mass is 407 g/mol. The van der Waals surface area contributed by atoms with Gasteiger partial charge in [0.25, 0.3) is 5.91 Å². The van der Waals surface area contributed by atoms with E-state index >= 15 is 0 Å². The molecule has 1 aromatic heterocycles. The van der Waals surface area contributed by atoms with Gasteiger partial charge in [0.15, 0.2) is 9.84 Å². The lowest BCUT2D eigenvalue weighted by atomic mass is 10.1. The first kappa shape index (κ1) is 17.2. The fraction of sp³-hybridized carbons (Fsp3) is 0.0556. The lowest BCUT2D eigenvalue weighted by Gasteiger charge is -2.15. The Morgan fingerprint density at radius 3 is 2.69 bits per heavy atom. The third kappa shape index (κ3) is 2.92. The Hall–Kier alpha value is -2.22. The van der Waals surface area contributed by atoms with Crippen molar-refractivity contribution >= 4 is 44.4 Å².